The first-order valence-electron chi connectivity index (χ1n) is 8.32. The molecule has 142 valence electrons. The minimum Gasteiger partial charge on any atom is -0.453 e. The van der Waals surface area contributed by atoms with Crippen molar-refractivity contribution < 1.29 is 27.5 Å². The van der Waals surface area contributed by atoms with Gasteiger partial charge in [-0.3, -0.25) is 14.4 Å². The van der Waals surface area contributed by atoms with Gasteiger partial charge in [-0.2, -0.15) is 4.72 Å². The van der Waals surface area contributed by atoms with Gasteiger partial charge in [0.15, 0.2) is 11.9 Å². The summed E-state index contributed by atoms with van der Waals surface area (Å²) in [6.07, 6.45) is 1.63. The number of anilines is 1. The Hall–Kier alpha value is -2.26. The molecule has 9 heteroatoms. The van der Waals surface area contributed by atoms with E-state index in [1.807, 2.05) is 0 Å². The minimum atomic E-state index is -3.95. The fourth-order valence-electron chi connectivity index (χ4n) is 2.59. The van der Waals surface area contributed by atoms with Crippen molar-refractivity contribution in [3.8, 4) is 0 Å². The van der Waals surface area contributed by atoms with Gasteiger partial charge in [0.05, 0.1) is 4.90 Å². The third-order valence-corrected chi connectivity index (χ3v) is 5.48. The molecule has 0 aromatic heterocycles. The van der Waals surface area contributed by atoms with Crippen molar-refractivity contribution in [2.24, 2.45) is 0 Å². The number of nitrogens with one attached hydrogen (secondary N) is 2. The Morgan fingerprint density at radius 1 is 1.19 bits per heavy atom. The molecule has 2 rings (SSSR count). The molecule has 0 bridgehead atoms. The van der Waals surface area contributed by atoms with Crippen molar-refractivity contribution in [3.05, 3.63) is 24.3 Å². The molecular formula is C17H22N2O6S. The quantitative estimate of drug-likeness (QED) is 0.717. The molecule has 1 aliphatic rings. The van der Waals surface area contributed by atoms with Crippen LogP contribution in [-0.4, -0.2) is 38.2 Å². The highest BCUT2D eigenvalue weighted by molar-refractivity contribution is 7.89. The molecule has 1 aromatic rings. The molecule has 0 unspecified atom stereocenters. The van der Waals surface area contributed by atoms with Gasteiger partial charge in [0.2, 0.25) is 15.9 Å². The second-order valence-corrected chi connectivity index (χ2v) is 7.90. The van der Waals surface area contributed by atoms with Crippen LogP contribution in [0.1, 0.15) is 39.5 Å². The van der Waals surface area contributed by atoms with Gasteiger partial charge in [-0.1, -0.05) is 0 Å². The van der Waals surface area contributed by atoms with Gasteiger partial charge in [-0.15, -0.1) is 0 Å². The molecule has 0 aliphatic heterocycles. The van der Waals surface area contributed by atoms with Crippen molar-refractivity contribution in [2.75, 3.05) is 5.32 Å². The van der Waals surface area contributed by atoms with Crippen molar-refractivity contribution in [1.82, 2.24) is 4.72 Å². The summed E-state index contributed by atoms with van der Waals surface area (Å²) in [4.78, 5) is 34.7. The first-order valence-corrected chi connectivity index (χ1v) is 9.80. The predicted molar refractivity (Wildman–Crippen MR) is 93.9 cm³/mol. The number of sulfonamides is 1. The van der Waals surface area contributed by atoms with Crippen molar-refractivity contribution in [1.29, 1.82) is 0 Å². The average molecular weight is 382 g/mol. The standard InChI is InChI=1S/C17H22N2O6S/c1-11(17(22)25-16-6-4-3-5-15(16)21)19-26(23,24)14-9-7-13(8-10-14)18-12(2)20/h7-11,16,19H,3-6H2,1-2H3,(H,18,20)/t11-,16+/m0/s1. The maximum Gasteiger partial charge on any atom is 0.324 e. The van der Waals surface area contributed by atoms with Gasteiger partial charge in [0.25, 0.3) is 0 Å². The molecule has 0 radical (unpaired) electrons. The van der Waals surface area contributed by atoms with Gasteiger partial charge in [-0.25, -0.2) is 8.42 Å². The molecular weight excluding hydrogens is 360 g/mol. The zero-order chi connectivity index (χ0) is 19.3. The van der Waals surface area contributed by atoms with Crippen LogP contribution in [0.15, 0.2) is 29.2 Å². The minimum absolute atomic E-state index is 0.0556. The topological polar surface area (TPSA) is 119 Å². The van der Waals surface area contributed by atoms with E-state index in [4.69, 9.17) is 4.74 Å². The molecule has 2 N–H and O–H groups in total. The van der Waals surface area contributed by atoms with Crippen LogP contribution in [-0.2, 0) is 29.1 Å². The Bertz CT molecular complexity index is 788. The van der Waals surface area contributed by atoms with Crippen molar-refractivity contribution in [2.45, 2.75) is 56.6 Å². The summed E-state index contributed by atoms with van der Waals surface area (Å²) >= 11 is 0. The zero-order valence-corrected chi connectivity index (χ0v) is 15.5. The molecule has 26 heavy (non-hydrogen) atoms. The summed E-state index contributed by atoms with van der Waals surface area (Å²) in [6.45, 7) is 2.70. The maximum absolute atomic E-state index is 12.4. The molecule has 2 atom stereocenters. The molecule has 1 saturated carbocycles. The van der Waals surface area contributed by atoms with Gasteiger partial charge in [-0.05, 0) is 50.5 Å². The van der Waals surface area contributed by atoms with Crippen LogP contribution in [0.3, 0.4) is 0 Å². The highest BCUT2D eigenvalue weighted by Crippen LogP contribution is 2.18. The van der Waals surface area contributed by atoms with E-state index in [9.17, 15) is 22.8 Å². The smallest absolute Gasteiger partial charge is 0.324 e. The third kappa shape index (κ3) is 5.37. The van der Waals surface area contributed by atoms with Crippen LogP contribution < -0.4 is 10.0 Å². The summed E-state index contributed by atoms with van der Waals surface area (Å²) in [6, 6.07) is 4.39. The molecule has 0 spiro atoms. The van der Waals surface area contributed by atoms with Crippen LogP contribution >= 0.6 is 0 Å². The maximum atomic E-state index is 12.4. The van der Waals surface area contributed by atoms with Gasteiger partial charge < -0.3 is 10.1 Å². The van der Waals surface area contributed by atoms with Crippen LogP contribution in [0.25, 0.3) is 0 Å². The number of hydrogen-bond donors (Lipinski definition) is 2. The first kappa shape index (κ1) is 20.1. The van der Waals surface area contributed by atoms with Crippen LogP contribution in [0.4, 0.5) is 5.69 Å². The monoisotopic (exact) mass is 382 g/mol. The number of hydrogen-bond acceptors (Lipinski definition) is 6. The molecule has 8 nitrogen and oxygen atoms in total. The number of ether oxygens (including phenoxy) is 1. The van der Waals surface area contributed by atoms with E-state index in [0.29, 0.717) is 18.5 Å². The van der Waals surface area contributed by atoms with E-state index < -0.39 is 28.1 Å². The number of Topliss-reactive ketones (excluding diaryl/α,β-unsaturated/α-hetero) is 1. The normalized spacial score (nSPS) is 18.8. The van der Waals surface area contributed by atoms with Gasteiger partial charge in [0, 0.05) is 19.0 Å². The Morgan fingerprint density at radius 2 is 1.85 bits per heavy atom. The lowest BCUT2D eigenvalue weighted by atomic mass is 9.96. The predicted octanol–water partition coefficient (Wildman–Crippen LogP) is 1.37. The zero-order valence-electron chi connectivity index (χ0n) is 14.7. The number of amides is 1. The van der Waals surface area contributed by atoms with E-state index in [1.54, 1.807) is 0 Å². The summed E-state index contributed by atoms with van der Waals surface area (Å²) < 4.78 is 32.1. The number of rotatable bonds is 6. The highest BCUT2D eigenvalue weighted by Gasteiger charge is 2.29. The fraction of sp³-hybridized carbons (Fsp3) is 0.471. The molecule has 0 saturated heterocycles. The second-order valence-electron chi connectivity index (χ2n) is 6.19. The molecule has 1 aromatic carbocycles. The summed E-state index contributed by atoms with van der Waals surface area (Å²) in [7, 11) is -3.95. The Morgan fingerprint density at radius 3 is 2.42 bits per heavy atom. The number of benzene rings is 1. The number of carbonyl (C=O) groups is 3. The first-order chi connectivity index (χ1) is 12.2. The Balaban J connectivity index is 1.99. The van der Waals surface area contributed by atoms with E-state index in [-0.39, 0.29) is 16.6 Å². The van der Waals surface area contributed by atoms with Gasteiger partial charge in [0.1, 0.15) is 6.04 Å². The summed E-state index contributed by atoms with van der Waals surface area (Å²) in [5, 5.41) is 2.53. The van der Waals surface area contributed by atoms with E-state index >= 15 is 0 Å². The Kier molecular flexibility index (Phi) is 6.49. The van der Waals surface area contributed by atoms with Crippen molar-refractivity contribution >= 4 is 33.4 Å². The van der Waals surface area contributed by atoms with E-state index in [1.165, 1.54) is 38.1 Å². The summed E-state index contributed by atoms with van der Waals surface area (Å²) in [5.41, 5.74) is 0.458. The van der Waals surface area contributed by atoms with E-state index in [0.717, 1.165) is 12.8 Å². The number of esters is 1. The van der Waals surface area contributed by atoms with Crippen LogP contribution in [0.2, 0.25) is 0 Å². The largest absolute Gasteiger partial charge is 0.453 e. The fourth-order valence-corrected chi connectivity index (χ4v) is 3.78. The van der Waals surface area contributed by atoms with Gasteiger partial charge >= 0.3 is 5.97 Å². The van der Waals surface area contributed by atoms with Crippen molar-refractivity contribution in [3.63, 3.8) is 0 Å². The van der Waals surface area contributed by atoms with Crippen LogP contribution in [0.5, 0.6) is 0 Å². The second kappa shape index (κ2) is 8.41. The lowest BCUT2D eigenvalue weighted by Gasteiger charge is -2.22. The van der Waals surface area contributed by atoms with E-state index in [2.05, 4.69) is 10.0 Å². The lowest BCUT2D eigenvalue weighted by molar-refractivity contribution is -0.158. The third-order valence-electron chi connectivity index (χ3n) is 3.93. The number of carbonyl (C=O) groups excluding carboxylic acids is 3. The summed E-state index contributed by atoms with van der Waals surface area (Å²) in [5.74, 6) is -1.19. The molecule has 1 amide bonds. The molecule has 0 heterocycles. The molecule has 1 aliphatic carbocycles. The Labute approximate surface area is 152 Å². The van der Waals surface area contributed by atoms with Crippen LogP contribution in [0, 0.1) is 0 Å². The number of ketones is 1. The lowest BCUT2D eigenvalue weighted by Crippen LogP contribution is -2.42. The highest BCUT2D eigenvalue weighted by atomic mass is 32.2. The average Bonchev–Trinajstić information content (AvgIpc) is 2.56. The molecule has 1 fully saturated rings. The SMILES string of the molecule is CC(=O)Nc1ccc(S(=O)(=O)N[C@@H](C)C(=O)O[C@@H]2CCCCC2=O)cc1.